The second kappa shape index (κ2) is 4.08. The van der Waals surface area contributed by atoms with E-state index in [4.69, 9.17) is 11.6 Å². The van der Waals surface area contributed by atoms with Crippen molar-refractivity contribution in [2.75, 3.05) is 6.26 Å². The summed E-state index contributed by atoms with van der Waals surface area (Å²) in [7, 11) is 0. The minimum atomic E-state index is 0.279. The lowest BCUT2D eigenvalue weighted by Gasteiger charge is -2.04. The van der Waals surface area contributed by atoms with Gasteiger partial charge in [-0.1, -0.05) is 16.4 Å². The van der Waals surface area contributed by atoms with Crippen LogP contribution in [0.15, 0.2) is 23.1 Å². The third kappa shape index (κ3) is 1.91. The predicted octanol–water partition coefficient (Wildman–Crippen LogP) is 1.95. The van der Waals surface area contributed by atoms with Gasteiger partial charge in [-0.2, -0.15) is 0 Å². The standard InChI is InChI=1S/C8H7ClN4OS/c1-15-7-3-2-5(9)4-6(7)8-10-11-12-13(8)14/h2-4,14H,1H3. The van der Waals surface area contributed by atoms with E-state index in [0.717, 1.165) is 4.90 Å². The van der Waals surface area contributed by atoms with Crippen molar-refractivity contribution < 1.29 is 5.21 Å². The number of halogens is 1. The third-order valence-electron chi connectivity index (χ3n) is 1.86. The largest absolute Gasteiger partial charge is 0.409 e. The van der Waals surface area contributed by atoms with Gasteiger partial charge in [0.1, 0.15) is 0 Å². The summed E-state index contributed by atoms with van der Waals surface area (Å²) in [6.07, 6.45) is 1.93. The van der Waals surface area contributed by atoms with Crippen LogP contribution >= 0.6 is 23.4 Å². The molecule has 0 fully saturated rings. The number of nitrogens with zero attached hydrogens (tertiary/aromatic N) is 4. The lowest BCUT2D eigenvalue weighted by Crippen LogP contribution is -1.97. The Morgan fingerprint density at radius 3 is 2.87 bits per heavy atom. The fourth-order valence-electron chi connectivity index (χ4n) is 1.20. The number of rotatable bonds is 2. The first kappa shape index (κ1) is 10.3. The molecule has 5 nitrogen and oxygen atoms in total. The average Bonchev–Trinajstić information content (AvgIpc) is 2.64. The molecule has 0 saturated carbocycles. The Labute approximate surface area is 95.0 Å². The minimum Gasteiger partial charge on any atom is -0.409 e. The number of hydrogen-bond acceptors (Lipinski definition) is 5. The molecule has 15 heavy (non-hydrogen) atoms. The maximum Gasteiger partial charge on any atom is 0.223 e. The molecule has 0 aliphatic heterocycles. The molecule has 7 heteroatoms. The Balaban J connectivity index is 2.60. The molecule has 0 amide bonds. The first-order valence-electron chi connectivity index (χ1n) is 4.04. The van der Waals surface area contributed by atoms with Gasteiger partial charge in [0, 0.05) is 15.5 Å². The van der Waals surface area contributed by atoms with Crippen molar-refractivity contribution in [2.24, 2.45) is 0 Å². The van der Waals surface area contributed by atoms with Crippen LogP contribution in [0.1, 0.15) is 0 Å². The van der Waals surface area contributed by atoms with Crippen LogP contribution in [0.3, 0.4) is 0 Å². The van der Waals surface area contributed by atoms with Crippen molar-refractivity contribution >= 4 is 23.4 Å². The van der Waals surface area contributed by atoms with Gasteiger partial charge in [-0.3, -0.25) is 0 Å². The average molecular weight is 243 g/mol. The number of hydrogen-bond donors (Lipinski definition) is 1. The van der Waals surface area contributed by atoms with E-state index in [1.807, 2.05) is 12.3 Å². The molecule has 0 aliphatic rings. The summed E-state index contributed by atoms with van der Waals surface area (Å²) < 4.78 is 0. The molecule has 1 aromatic carbocycles. The summed E-state index contributed by atoms with van der Waals surface area (Å²) in [4.78, 5) is 1.58. The summed E-state index contributed by atoms with van der Waals surface area (Å²) in [6, 6.07) is 5.35. The predicted molar refractivity (Wildman–Crippen MR) is 57.2 cm³/mol. The van der Waals surface area contributed by atoms with Crippen LogP contribution in [0.4, 0.5) is 0 Å². The summed E-state index contributed by atoms with van der Waals surface area (Å²) in [5, 5.41) is 20.4. The van der Waals surface area contributed by atoms with Gasteiger partial charge in [0.15, 0.2) is 0 Å². The summed E-state index contributed by atoms with van der Waals surface area (Å²) >= 11 is 7.41. The summed E-state index contributed by atoms with van der Waals surface area (Å²) in [5.41, 5.74) is 0.711. The maximum atomic E-state index is 9.34. The molecule has 1 N–H and O–H groups in total. The summed E-state index contributed by atoms with van der Waals surface area (Å²) in [6.45, 7) is 0. The molecule has 0 radical (unpaired) electrons. The van der Waals surface area contributed by atoms with Gasteiger partial charge in [-0.05, 0) is 34.9 Å². The molecule has 0 saturated heterocycles. The van der Waals surface area contributed by atoms with E-state index in [9.17, 15) is 5.21 Å². The number of aromatic nitrogens is 4. The van der Waals surface area contributed by atoms with Crippen molar-refractivity contribution in [3.8, 4) is 11.4 Å². The minimum absolute atomic E-state index is 0.279. The highest BCUT2D eigenvalue weighted by Gasteiger charge is 2.12. The van der Waals surface area contributed by atoms with Crippen molar-refractivity contribution in [1.29, 1.82) is 0 Å². The molecule has 1 heterocycles. The topological polar surface area (TPSA) is 63.8 Å². The van der Waals surface area contributed by atoms with Crippen LogP contribution in [-0.4, -0.2) is 31.8 Å². The van der Waals surface area contributed by atoms with E-state index in [1.54, 1.807) is 12.1 Å². The molecule has 0 bridgehead atoms. The van der Waals surface area contributed by atoms with Gasteiger partial charge in [-0.15, -0.1) is 16.9 Å². The van der Waals surface area contributed by atoms with Gasteiger partial charge < -0.3 is 5.21 Å². The Morgan fingerprint density at radius 2 is 2.27 bits per heavy atom. The second-order valence-corrected chi connectivity index (χ2v) is 4.02. The highest BCUT2D eigenvalue weighted by Crippen LogP contribution is 2.30. The zero-order valence-electron chi connectivity index (χ0n) is 7.75. The second-order valence-electron chi connectivity index (χ2n) is 2.74. The fourth-order valence-corrected chi connectivity index (χ4v) is 1.95. The Bertz CT molecular complexity index is 487. The van der Waals surface area contributed by atoms with Crippen molar-refractivity contribution in [3.05, 3.63) is 23.2 Å². The molecule has 0 spiro atoms. The van der Waals surface area contributed by atoms with Gasteiger partial charge in [0.2, 0.25) is 5.82 Å². The Hall–Kier alpha value is -1.27. The number of benzene rings is 1. The van der Waals surface area contributed by atoms with E-state index in [2.05, 4.69) is 15.5 Å². The van der Waals surface area contributed by atoms with Crippen molar-refractivity contribution in [2.45, 2.75) is 4.90 Å². The monoisotopic (exact) mass is 242 g/mol. The Kier molecular flexibility index (Phi) is 2.79. The van der Waals surface area contributed by atoms with E-state index in [0.29, 0.717) is 15.4 Å². The van der Waals surface area contributed by atoms with Crippen LogP contribution in [0.2, 0.25) is 5.02 Å². The molecule has 0 aliphatic carbocycles. The van der Waals surface area contributed by atoms with Crippen LogP contribution in [0.5, 0.6) is 0 Å². The highest BCUT2D eigenvalue weighted by atomic mass is 35.5. The molecule has 1 aromatic heterocycles. The number of tetrazole rings is 1. The highest BCUT2D eigenvalue weighted by molar-refractivity contribution is 7.98. The van der Waals surface area contributed by atoms with Crippen molar-refractivity contribution in [1.82, 2.24) is 20.4 Å². The van der Waals surface area contributed by atoms with Gasteiger partial charge in [0.05, 0.1) is 0 Å². The Morgan fingerprint density at radius 1 is 1.47 bits per heavy atom. The quantitative estimate of drug-likeness (QED) is 0.644. The molecular weight excluding hydrogens is 236 g/mol. The lowest BCUT2D eigenvalue weighted by molar-refractivity contribution is 0.147. The van der Waals surface area contributed by atoms with Crippen LogP contribution < -0.4 is 0 Å². The molecule has 78 valence electrons. The maximum absolute atomic E-state index is 9.34. The van der Waals surface area contributed by atoms with E-state index >= 15 is 0 Å². The third-order valence-corrected chi connectivity index (χ3v) is 2.89. The summed E-state index contributed by atoms with van der Waals surface area (Å²) in [5.74, 6) is 0.279. The van der Waals surface area contributed by atoms with Crippen LogP contribution in [0, 0.1) is 0 Å². The molecule has 2 rings (SSSR count). The zero-order valence-corrected chi connectivity index (χ0v) is 9.33. The van der Waals surface area contributed by atoms with Gasteiger partial charge in [0.25, 0.3) is 0 Å². The van der Waals surface area contributed by atoms with E-state index in [1.165, 1.54) is 11.8 Å². The molecule has 0 unspecified atom stereocenters. The molecular formula is C8H7ClN4OS. The van der Waals surface area contributed by atoms with Crippen molar-refractivity contribution in [3.63, 3.8) is 0 Å². The van der Waals surface area contributed by atoms with E-state index < -0.39 is 0 Å². The molecule has 2 aromatic rings. The first-order chi connectivity index (χ1) is 7.22. The smallest absolute Gasteiger partial charge is 0.223 e. The first-order valence-corrected chi connectivity index (χ1v) is 5.64. The van der Waals surface area contributed by atoms with Crippen LogP contribution in [-0.2, 0) is 0 Å². The van der Waals surface area contributed by atoms with Gasteiger partial charge >= 0.3 is 0 Å². The SMILES string of the molecule is CSc1ccc(Cl)cc1-c1nnnn1O. The number of thioether (sulfide) groups is 1. The van der Waals surface area contributed by atoms with Crippen LogP contribution in [0.25, 0.3) is 11.4 Å². The van der Waals surface area contributed by atoms with Gasteiger partial charge in [-0.25, -0.2) is 0 Å². The van der Waals surface area contributed by atoms with E-state index in [-0.39, 0.29) is 5.82 Å². The fraction of sp³-hybridized carbons (Fsp3) is 0.125. The normalized spacial score (nSPS) is 10.5. The zero-order chi connectivity index (χ0) is 10.8. The lowest BCUT2D eigenvalue weighted by atomic mass is 10.2. The molecule has 0 atom stereocenters.